The molecule has 0 aliphatic rings. The fourth-order valence-electron chi connectivity index (χ4n) is 3.18. The lowest BCUT2D eigenvalue weighted by atomic mass is 10.0. The van der Waals surface area contributed by atoms with E-state index >= 15 is 0 Å². The summed E-state index contributed by atoms with van der Waals surface area (Å²) in [6.07, 6.45) is 6.14. The fourth-order valence-corrected chi connectivity index (χ4v) is 3.18. The number of pyridine rings is 3. The van der Waals surface area contributed by atoms with Crippen LogP contribution in [0, 0.1) is 5.82 Å². The van der Waals surface area contributed by atoms with Gasteiger partial charge in [0.1, 0.15) is 5.82 Å². The molecule has 0 bridgehead atoms. The Bertz CT molecular complexity index is 1280. The molecule has 7 heteroatoms. The van der Waals surface area contributed by atoms with Crippen molar-refractivity contribution in [3.63, 3.8) is 0 Å². The Hall–Kier alpha value is -4.13. The van der Waals surface area contributed by atoms with E-state index in [1.54, 1.807) is 24.7 Å². The first kappa shape index (κ1) is 17.0. The molecule has 0 spiro atoms. The van der Waals surface area contributed by atoms with Crippen molar-refractivity contribution in [1.29, 1.82) is 0 Å². The summed E-state index contributed by atoms with van der Waals surface area (Å²) in [5.41, 5.74) is 4.57. The quantitative estimate of drug-likeness (QED) is 0.459. The number of rotatable bonds is 4. The van der Waals surface area contributed by atoms with Gasteiger partial charge in [0.25, 0.3) is 0 Å². The van der Waals surface area contributed by atoms with Crippen LogP contribution in [0.15, 0.2) is 79.4 Å². The van der Waals surface area contributed by atoms with Crippen LogP contribution in [0.4, 0.5) is 16.0 Å². The van der Waals surface area contributed by atoms with Gasteiger partial charge in [0.15, 0.2) is 5.65 Å². The van der Waals surface area contributed by atoms with E-state index in [-0.39, 0.29) is 0 Å². The maximum atomic E-state index is 14.5. The van der Waals surface area contributed by atoms with Crippen molar-refractivity contribution >= 4 is 22.8 Å². The second kappa shape index (κ2) is 7.12. The van der Waals surface area contributed by atoms with Crippen molar-refractivity contribution in [2.45, 2.75) is 0 Å². The molecule has 0 aliphatic heterocycles. The number of halogens is 1. The van der Waals surface area contributed by atoms with E-state index in [1.807, 2.05) is 48.5 Å². The van der Waals surface area contributed by atoms with Crippen LogP contribution >= 0.6 is 0 Å². The zero-order valence-electron chi connectivity index (χ0n) is 15.2. The average Bonchev–Trinajstić information content (AvgIpc) is 3.16. The molecule has 0 amide bonds. The summed E-state index contributed by atoms with van der Waals surface area (Å²) >= 11 is 0. The van der Waals surface area contributed by atoms with E-state index in [2.05, 4.69) is 25.3 Å². The first-order chi connectivity index (χ1) is 14.3. The third-order valence-electron chi connectivity index (χ3n) is 4.51. The number of nitrogens with zero attached hydrogens (tertiary/aromatic N) is 4. The number of imidazole rings is 1. The van der Waals surface area contributed by atoms with E-state index in [0.717, 1.165) is 11.3 Å². The monoisotopic (exact) mass is 382 g/mol. The summed E-state index contributed by atoms with van der Waals surface area (Å²) in [5.74, 6) is 0.143. The zero-order valence-corrected chi connectivity index (χ0v) is 15.2. The van der Waals surface area contributed by atoms with Gasteiger partial charge in [-0.2, -0.15) is 4.98 Å². The fraction of sp³-hybridized carbons (Fsp3) is 0. The van der Waals surface area contributed by atoms with Gasteiger partial charge in [-0.1, -0.05) is 18.2 Å². The highest BCUT2D eigenvalue weighted by atomic mass is 19.1. The minimum atomic E-state index is -0.416. The molecule has 0 aliphatic carbocycles. The highest BCUT2D eigenvalue weighted by molar-refractivity contribution is 5.89. The molecule has 5 aromatic rings. The van der Waals surface area contributed by atoms with Crippen molar-refractivity contribution in [2.75, 3.05) is 5.32 Å². The molecule has 0 saturated heterocycles. The molecule has 2 N–H and O–H groups in total. The van der Waals surface area contributed by atoms with Gasteiger partial charge < -0.3 is 10.3 Å². The van der Waals surface area contributed by atoms with Gasteiger partial charge in [0, 0.05) is 41.0 Å². The summed E-state index contributed by atoms with van der Waals surface area (Å²) in [5, 5.41) is 3.22. The normalized spacial score (nSPS) is 10.9. The summed E-state index contributed by atoms with van der Waals surface area (Å²) in [6, 6.07) is 16.9. The number of hydrogen-bond donors (Lipinski definition) is 2. The summed E-state index contributed by atoms with van der Waals surface area (Å²) < 4.78 is 14.5. The van der Waals surface area contributed by atoms with Crippen LogP contribution in [0.5, 0.6) is 0 Å². The van der Waals surface area contributed by atoms with Crippen molar-refractivity contribution in [1.82, 2.24) is 24.9 Å². The van der Waals surface area contributed by atoms with Crippen LogP contribution in [0.2, 0.25) is 0 Å². The molecule has 1 aromatic carbocycles. The SMILES string of the molecule is Fc1cnccc1-c1cc2[nH]c(Nc3ccccc3)nc2nc1-c1cccnc1. The van der Waals surface area contributed by atoms with E-state index in [0.29, 0.717) is 33.9 Å². The highest BCUT2D eigenvalue weighted by Crippen LogP contribution is 2.34. The number of anilines is 2. The molecule has 0 unspecified atom stereocenters. The van der Waals surface area contributed by atoms with Crippen LogP contribution in [0.1, 0.15) is 0 Å². The second-order valence-electron chi connectivity index (χ2n) is 6.43. The molecule has 5 rings (SSSR count). The number of H-pyrrole nitrogens is 1. The lowest BCUT2D eigenvalue weighted by Crippen LogP contribution is -1.94. The summed E-state index contributed by atoms with van der Waals surface area (Å²) in [7, 11) is 0. The van der Waals surface area contributed by atoms with Crippen molar-refractivity contribution in [3.05, 3.63) is 85.2 Å². The minimum absolute atomic E-state index is 0.416. The predicted octanol–water partition coefficient (Wildman–Crippen LogP) is 4.96. The van der Waals surface area contributed by atoms with E-state index < -0.39 is 5.82 Å². The number of benzene rings is 1. The van der Waals surface area contributed by atoms with Crippen molar-refractivity contribution in [3.8, 4) is 22.4 Å². The Kier molecular flexibility index (Phi) is 4.18. The zero-order chi connectivity index (χ0) is 19.6. The van der Waals surface area contributed by atoms with Gasteiger partial charge >= 0.3 is 0 Å². The number of aromatic amines is 1. The maximum Gasteiger partial charge on any atom is 0.207 e. The molecule has 140 valence electrons. The van der Waals surface area contributed by atoms with E-state index in [9.17, 15) is 4.39 Å². The Morgan fingerprint density at radius 3 is 2.48 bits per heavy atom. The number of nitrogens with one attached hydrogen (secondary N) is 2. The standard InChI is InChI=1S/C22H15FN6/c23-18-13-25-10-8-16(18)17-11-19-21(28-20(17)14-5-4-9-24-12-14)29-22(27-19)26-15-6-2-1-3-7-15/h1-13H,(H2,26,27,28,29). The van der Waals surface area contributed by atoms with Crippen LogP contribution in [0.25, 0.3) is 33.5 Å². The number of hydrogen-bond acceptors (Lipinski definition) is 5. The molecule has 0 fully saturated rings. The van der Waals surface area contributed by atoms with Gasteiger partial charge in [-0.3, -0.25) is 9.97 Å². The first-order valence-corrected chi connectivity index (χ1v) is 9.01. The topological polar surface area (TPSA) is 79.4 Å². The molecular formula is C22H15FN6. The molecule has 0 atom stereocenters. The van der Waals surface area contributed by atoms with Gasteiger partial charge in [-0.25, -0.2) is 9.37 Å². The Balaban J connectivity index is 1.68. The lowest BCUT2D eigenvalue weighted by molar-refractivity contribution is 0.625. The third kappa shape index (κ3) is 3.29. The molecular weight excluding hydrogens is 367 g/mol. The lowest BCUT2D eigenvalue weighted by Gasteiger charge is -2.09. The number of fused-ring (bicyclic) bond motifs is 1. The van der Waals surface area contributed by atoms with Gasteiger partial charge in [-0.15, -0.1) is 0 Å². The minimum Gasteiger partial charge on any atom is -0.326 e. The van der Waals surface area contributed by atoms with E-state index in [1.165, 1.54) is 6.20 Å². The smallest absolute Gasteiger partial charge is 0.207 e. The first-order valence-electron chi connectivity index (χ1n) is 9.01. The van der Waals surface area contributed by atoms with Gasteiger partial charge in [-0.05, 0) is 36.4 Å². The average molecular weight is 382 g/mol. The molecule has 4 aromatic heterocycles. The summed E-state index contributed by atoms with van der Waals surface area (Å²) in [6.45, 7) is 0. The number of aromatic nitrogens is 5. The number of para-hydroxylation sites is 1. The second-order valence-corrected chi connectivity index (χ2v) is 6.43. The van der Waals surface area contributed by atoms with Crippen molar-refractivity contribution < 1.29 is 4.39 Å². The molecule has 4 heterocycles. The maximum absolute atomic E-state index is 14.5. The Labute approximate surface area is 165 Å². The van der Waals surface area contributed by atoms with E-state index in [4.69, 9.17) is 4.98 Å². The van der Waals surface area contributed by atoms with Crippen LogP contribution in [-0.2, 0) is 0 Å². The van der Waals surface area contributed by atoms with Crippen LogP contribution in [-0.4, -0.2) is 24.9 Å². The predicted molar refractivity (Wildman–Crippen MR) is 110 cm³/mol. The molecule has 6 nitrogen and oxygen atoms in total. The molecule has 0 radical (unpaired) electrons. The van der Waals surface area contributed by atoms with Crippen molar-refractivity contribution in [2.24, 2.45) is 0 Å². The highest BCUT2D eigenvalue weighted by Gasteiger charge is 2.17. The van der Waals surface area contributed by atoms with Gasteiger partial charge in [0.05, 0.1) is 17.4 Å². The Morgan fingerprint density at radius 2 is 1.69 bits per heavy atom. The van der Waals surface area contributed by atoms with Gasteiger partial charge in [0.2, 0.25) is 5.95 Å². The Morgan fingerprint density at radius 1 is 0.828 bits per heavy atom. The van der Waals surface area contributed by atoms with Crippen LogP contribution < -0.4 is 5.32 Å². The van der Waals surface area contributed by atoms with Crippen LogP contribution in [0.3, 0.4) is 0 Å². The molecule has 0 saturated carbocycles. The summed E-state index contributed by atoms with van der Waals surface area (Å²) in [4.78, 5) is 20.5. The molecule has 29 heavy (non-hydrogen) atoms. The largest absolute Gasteiger partial charge is 0.326 e. The third-order valence-corrected chi connectivity index (χ3v) is 4.51.